The summed E-state index contributed by atoms with van der Waals surface area (Å²) in [5.41, 5.74) is -0.179. The highest BCUT2D eigenvalue weighted by Gasteiger charge is 2.55. The van der Waals surface area contributed by atoms with Gasteiger partial charge in [0.05, 0.1) is 0 Å². The zero-order valence-electron chi connectivity index (χ0n) is 9.09. The van der Waals surface area contributed by atoms with Crippen LogP contribution in [0.1, 0.15) is 45.4 Å². The van der Waals surface area contributed by atoms with Crippen LogP contribution in [0.25, 0.3) is 0 Å². The van der Waals surface area contributed by atoms with Crippen LogP contribution in [0, 0.1) is 17.3 Å². The SMILES string of the molecule is C=C[C@@]1(C)C(=O)[C@@H]2CCCCCC[C@@H]21. The van der Waals surface area contributed by atoms with Gasteiger partial charge in [0.1, 0.15) is 5.78 Å². The first-order chi connectivity index (χ1) is 6.70. The molecular weight excluding hydrogens is 172 g/mol. The van der Waals surface area contributed by atoms with E-state index in [1.54, 1.807) is 0 Å². The first-order valence-electron chi connectivity index (χ1n) is 5.88. The van der Waals surface area contributed by atoms with Crippen molar-refractivity contribution >= 4 is 5.78 Å². The predicted octanol–water partition coefficient (Wildman–Crippen LogP) is 3.35. The van der Waals surface area contributed by atoms with Gasteiger partial charge in [-0.25, -0.2) is 0 Å². The van der Waals surface area contributed by atoms with E-state index in [9.17, 15) is 4.79 Å². The van der Waals surface area contributed by atoms with E-state index in [1.165, 1.54) is 32.1 Å². The van der Waals surface area contributed by atoms with E-state index in [4.69, 9.17) is 0 Å². The first-order valence-corrected chi connectivity index (χ1v) is 5.88. The van der Waals surface area contributed by atoms with Crippen molar-refractivity contribution in [3.8, 4) is 0 Å². The third kappa shape index (κ3) is 1.25. The number of Topliss-reactive ketones (excluding diaryl/α,β-unsaturated/α-hetero) is 1. The van der Waals surface area contributed by atoms with Crippen LogP contribution >= 0.6 is 0 Å². The summed E-state index contributed by atoms with van der Waals surface area (Å²) < 4.78 is 0. The molecule has 0 aromatic heterocycles. The Kier molecular flexibility index (Phi) is 2.50. The van der Waals surface area contributed by atoms with Gasteiger partial charge >= 0.3 is 0 Å². The number of fused-ring (bicyclic) bond motifs is 1. The van der Waals surface area contributed by atoms with Gasteiger partial charge in [0, 0.05) is 11.3 Å². The Balaban J connectivity index is 2.13. The maximum absolute atomic E-state index is 11.9. The maximum Gasteiger partial charge on any atom is 0.146 e. The van der Waals surface area contributed by atoms with Gasteiger partial charge in [-0.2, -0.15) is 0 Å². The molecule has 0 aliphatic heterocycles. The second-order valence-electron chi connectivity index (χ2n) is 5.06. The molecule has 2 rings (SSSR count). The number of carbonyl (C=O) groups is 1. The zero-order chi connectivity index (χ0) is 10.2. The summed E-state index contributed by atoms with van der Waals surface area (Å²) in [4.78, 5) is 11.9. The standard InChI is InChI=1S/C13H20O/c1-3-13(2)11-9-7-5-4-6-8-10(11)12(13)14/h3,10-11H,1,4-9H2,2H3/t10-,11+,13-/m1/s1. The van der Waals surface area contributed by atoms with Crippen molar-refractivity contribution in [2.24, 2.45) is 17.3 Å². The Bertz CT molecular complexity index is 256. The van der Waals surface area contributed by atoms with Crippen molar-refractivity contribution in [2.45, 2.75) is 45.4 Å². The van der Waals surface area contributed by atoms with Crippen LogP contribution in [0.5, 0.6) is 0 Å². The fourth-order valence-corrected chi connectivity index (χ4v) is 3.25. The molecule has 2 saturated carbocycles. The van der Waals surface area contributed by atoms with Crippen LogP contribution < -0.4 is 0 Å². The van der Waals surface area contributed by atoms with E-state index in [1.807, 2.05) is 6.08 Å². The van der Waals surface area contributed by atoms with E-state index in [-0.39, 0.29) is 5.41 Å². The first kappa shape index (κ1) is 9.95. The number of rotatable bonds is 1. The second-order valence-corrected chi connectivity index (χ2v) is 5.06. The van der Waals surface area contributed by atoms with E-state index < -0.39 is 0 Å². The third-order valence-corrected chi connectivity index (χ3v) is 4.33. The molecule has 0 radical (unpaired) electrons. The fraction of sp³-hybridized carbons (Fsp3) is 0.769. The molecule has 1 heteroatoms. The minimum absolute atomic E-state index is 0.179. The Morgan fingerprint density at radius 1 is 1.29 bits per heavy atom. The van der Waals surface area contributed by atoms with E-state index in [2.05, 4.69) is 13.5 Å². The van der Waals surface area contributed by atoms with Gasteiger partial charge in [-0.1, -0.05) is 31.8 Å². The molecule has 0 unspecified atom stereocenters. The van der Waals surface area contributed by atoms with Crippen LogP contribution in [0.15, 0.2) is 12.7 Å². The Labute approximate surface area is 86.6 Å². The molecule has 0 amide bonds. The average Bonchev–Trinajstić information content (AvgIpc) is 2.16. The molecule has 2 aliphatic carbocycles. The molecule has 0 aromatic rings. The Hall–Kier alpha value is -0.590. The van der Waals surface area contributed by atoms with Crippen molar-refractivity contribution in [1.29, 1.82) is 0 Å². The molecule has 0 aromatic carbocycles. The zero-order valence-corrected chi connectivity index (χ0v) is 9.09. The third-order valence-electron chi connectivity index (χ3n) is 4.33. The summed E-state index contributed by atoms with van der Waals surface area (Å²) in [7, 11) is 0. The summed E-state index contributed by atoms with van der Waals surface area (Å²) in [6, 6.07) is 0. The lowest BCUT2D eigenvalue weighted by molar-refractivity contribution is -0.151. The van der Waals surface area contributed by atoms with Gasteiger partial charge in [0.25, 0.3) is 0 Å². The lowest BCUT2D eigenvalue weighted by Gasteiger charge is -2.51. The van der Waals surface area contributed by atoms with Gasteiger partial charge in [-0.05, 0) is 25.7 Å². The Morgan fingerprint density at radius 2 is 1.93 bits per heavy atom. The molecular formula is C13H20O. The molecule has 0 saturated heterocycles. The van der Waals surface area contributed by atoms with Crippen molar-refractivity contribution in [3.63, 3.8) is 0 Å². The van der Waals surface area contributed by atoms with Crippen LogP contribution in [0.4, 0.5) is 0 Å². The topological polar surface area (TPSA) is 17.1 Å². The number of hydrogen-bond donors (Lipinski definition) is 0. The van der Waals surface area contributed by atoms with Crippen molar-refractivity contribution in [3.05, 3.63) is 12.7 Å². The quantitative estimate of drug-likeness (QED) is 0.582. The molecule has 1 nitrogen and oxygen atoms in total. The minimum Gasteiger partial charge on any atom is -0.298 e. The summed E-state index contributed by atoms with van der Waals surface area (Å²) >= 11 is 0. The number of allylic oxidation sites excluding steroid dienone is 1. The summed E-state index contributed by atoms with van der Waals surface area (Å²) in [5, 5.41) is 0. The van der Waals surface area contributed by atoms with Crippen molar-refractivity contribution in [2.75, 3.05) is 0 Å². The summed E-state index contributed by atoms with van der Waals surface area (Å²) in [6.45, 7) is 5.90. The smallest absolute Gasteiger partial charge is 0.146 e. The molecule has 0 spiro atoms. The molecule has 78 valence electrons. The monoisotopic (exact) mass is 192 g/mol. The lowest BCUT2D eigenvalue weighted by Crippen LogP contribution is -2.55. The van der Waals surface area contributed by atoms with Crippen LogP contribution in [-0.4, -0.2) is 5.78 Å². The van der Waals surface area contributed by atoms with Crippen LogP contribution in [0.2, 0.25) is 0 Å². The van der Waals surface area contributed by atoms with Crippen molar-refractivity contribution < 1.29 is 4.79 Å². The molecule has 0 heterocycles. The second kappa shape index (κ2) is 3.52. The fourth-order valence-electron chi connectivity index (χ4n) is 3.25. The molecule has 14 heavy (non-hydrogen) atoms. The van der Waals surface area contributed by atoms with Crippen LogP contribution in [-0.2, 0) is 4.79 Å². The summed E-state index contributed by atoms with van der Waals surface area (Å²) in [6.07, 6.45) is 9.48. The molecule has 0 bridgehead atoms. The Morgan fingerprint density at radius 3 is 2.57 bits per heavy atom. The molecule has 2 fully saturated rings. The average molecular weight is 192 g/mol. The van der Waals surface area contributed by atoms with Gasteiger partial charge in [0.15, 0.2) is 0 Å². The van der Waals surface area contributed by atoms with Gasteiger partial charge < -0.3 is 0 Å². The minimum atomic E-state index is -0.179. The van der Waals surface area contributed by atoms with Gasteiger partial charge in [-0.15, -0.1) is 6.58 Å². The van der Waals surface area contributed by atoms with E-state index >= 15 is 0 Å². The highest BCUT2D eigenvalue weighted by atomic mass is 16.1. The van der Waals surface area contributed by atoms with Crippen LogP contribution in [0.3, 0.4) is 0 Å². The predicted molar refractivity (Wildman–Crippen MR) is 58.0 cm³/mol. The lowest BCUT2D eigenvalue weighted by atomic mass is 9.50. The molecule has 3 atom stereocenters. The molecule has 0 N–H and O–H groups in total. The summed E-state index contributed by atoms with van der Waals surface area (Å²) in [5.74, 6) is 1.44. The van der Waals surface area contributed by atoms with Crippen molar-refractivity contribution in [1.82, 2.24) is 0 Å². The largest absolute Gasteiger partial charge is 0.298 e. The highest BCUT2D eigenvalue weighted by Crippen LogP contribution is 2.53. The number of carbonyl (C=O) groups excluding carboxylic acids is 1. The van der Waals surface area contributed by atoms with Gasteiger partial charge in [-0.3, -0.25) is 4.79 Å². The normalized spacial score (nSPS) is 43.1. The van der Waals surface area contributed by atoms with E-state index in [0.29, 0.717) is 17.6 Å². The number of hydrogen-bond acceptors (Lipinski definition) is 1. The molecule has 2 aliphatic rings. The maximum atomic E-state index is 11.9. The van der Waals surface area contributed by atoms with Gasteiger partial charge in [0.2, 0.25) is 0 Å². The van der Waals surface area contributed by atoms with E-state index in [0.717, 1.165) is 6.42 Å². The number of ketones is 1. The highest BCUT2D eigenvalue weighted by molar-refractivity contribution is 5.95.